The molecule has 7 rings (SSSR count). The molecule has 0 amide bonds. The van der Waals surface area contributed by atoms with Gasteiger partial charge in [0.2, 0.25) is 0 Å². The van der Waals surface area contributed by atoms with Gasteiger partial charge in [-0.25, -0.2) is 0 Å². The molecule has 38 heavy (non-hydrogen) atoms. The fourth-order valence-electron chi connectivity index (χ4n) is 14.3. The molecule has 216 valence electrons. The van der Waals surface area contributed by atoms with Gasteiger partial charge in [-0.3, -0.25) is 0 Å². The number of hydrogen-bond donors (Lipinski definition) is 0. The standard InChI is InChI=1S/C38H64/c1-21-12-31-14-22(2)32(36(31)13-21)20-34-26(6)35-19-30-17-29(18-33-23(3)15-37(34)38(33)35)24(4)27-10-8-7-9-11-28(16-27)25(30)5/h21-38H,7-20H2,1-6H3. The van der Waals surface area contributed by atoms with Gasteiger partial charge in [0, 0.05) is 0 Å². The fourth-order valence-corrected chi connectivity index (χ4v) is 14.3. The van der Waals surface area contributed by atoms with E-state index >= 15 is 0 Å². The van der Waals surface area contributed by atoms with Gasteiger partial charge in [0.1, 0.15) is 0 Å². The van der Waals surface area contributed by atoms with Crippen molar-refractivity contribution in [2.45, 2.75) is 131 Å². The highest BCUT2D eigenvalue weighted by molar-refractivity contribution is 5.08. The van der Waals surface area contributed by atoms with Gasteiger partial charge in [-0.2, -0.15) is 0 Å². The van der Waals surface area contributed by atoms with Gasteiger partial charge in [-0.15, -0.1) is 0 Å². The summed E-state index contributed by atoms with van der Waals surface area (Å²) in [7, 11) is 0. The van der Waals surface area contributed by atoms with Crippen LogP contribution in [-0.4, -0.2) is 0 Å². The number of hydrogen-bond acceptors (Lipinski definition) is 0. The SMILES string of the molecule is CC1CC2CC(C)C(CC3C(C)C4CC5CC(CC6C(C)CC3C64)C(C)C3CCCCCC(C3)C5C)C2C1. The van der Waals surface area contributed by atoms with E-state index in [1.165, 1.54) is 19.3 Å². The highest BCUT2D eigenvalue weighted by Gasteiger charge is 2.59. The molecule has 0 nitrogen and oxygen atoms in total. The number of rotatable bonds is 2. The molecule has 0 aliphatic heterocycles. The van der Waals surface area contributed by atoms with Gasteiger partial charge in [0.05, 0.1) is 0 Å². The summed E-state index contributed by atoms with van der Waals surface area (Å²) < 4.78 is 0. The van der Waals surface area contributed by atoms with Gasteiger partial charge < -0.3 is 0 Å². The molecule has 7 saturated carbocycles. The zero-order valence-electron chi connectivity index (χ0n) is 26.3. The monoisotopic (exact) mass is 521 g/mol. The summed E-state index contributed by atoms with van der Waals surface area (Å²) in [6.07, 6.45) is 22.0. The molecular formula is C38H64. The predicted octanol–water partition coefficient (Wildman–Crippen LogP) is 10.8. The molecule has 7 fully saturated rings. The molecule has 18 atom stereocenters. The van der Waals surface area contributed by atoms with Crippen molar-refractivity contribution in [1.29, 1.82) is 0 Å². The zero-order valence-corrected chi connectivity index (χ0v) is 26.3. The molecule has 0 aromatic heterocycles. The second-order valence-electron chi connectivity index (χ2n) is 17.8. The third-order valence-electron chi connectivity index (χ3n) is 16.2. The van der Waals surface area contributed by atoms with Crippen molar-refractivity contribution in [3.05, 3.63) is 0 Å². The molecule has 7 aliphatic rings. The molecule has 0 spiro atoms. The summed E-state index contributed by atoms with van der Waals surface area (Å²) >= 11 is 0. The van der Waals surface area contributed by atoms with E-state index in [9.17, 15) is 0 Å². The maximum absolute atomic E-state index is 2.80. The molecular weight excluding hydrogens is 456 g/mol. The van der Waals surface area contributed by atoms with Gasteiger partial charge in [0.25, 0.3) is 0 Å². The van der Waals surface area contributed by atoms with Crippen LogP contribution in [0.1, 0.15) is 131 Å². The topological polar surface area (TPSA) is 0 Å². The van der Waals surface area contributed by atoms with Crippen LogP contribution in [0.2, 0.25) is 0 Å². The van der Waals surface area contributed by atoms with Crippen LogP contribution in [0.25, 0.3) is 0 Å². The smallest absolute Gasteiger partial charge is 0.0321 e. The van der Waals surface area contributed by atoms with Gasteiger partial charge in [0.15, 0.2) is 0 Å². The number of fused-ring (bicyclic) bond motifs is 5. The molecule has 0 heterocycles. The Hall–Kier alpha value is 0. The lowest BCUT2D eigenvalue weighted by molar-refractivity contribution is 0.0131. The summed E-state index contributed by atoms with van der Waals surface area (Å²) in [5.74, 6) is 18.7. The van der Waals surface area contributed by atoms with E-state index in [0.29, 0.717) is 0 Å². The Bertz CT molecular complexity index is 828. The molecule has 0 radical (unpaired) electrons. The largest absolute Gasteiger partial charge is 0.0625 e. The van der Waals surface area contributed by atoms with Gasteiger partial charge in [-0.1, -0.05) is 73.6 Å². The van der Waals surface area contributed by atoms with E-state index < -0.39 is 0 Å². The molecule has 18 unspecified atom stereocenters. The third kappa shape index (κ3) is 4.41. The van der Waals surface area contributed by atoms with Crippen molar-refractivity contribution >= 4 is 0 Å². The summed E-state index contributed by atoms with van der Waals surface area (Å²) in [5.41, 5.74) is 0. The predicted molar refractivity (Wildman–Crippen MR) is 162 cm³/mol. The summed E-state index contributed by atoms with van der Waals surface area (Å²) in [4.78, 5) is 0. The molecule has 7 aliphatic carbocycles. The van der Waals surface area contributed by atoms with Crippen molar-refractivity contribution in [2.24, 2.45) is 107 Å². The van der Waals surface area contributed by atoms with E-state index in [1.54, 1.807) is 70.6 Å². The van der Waals surface area contributed by atoms with E-state index in [0.717, 1.165) is 107 Å². The van der Waals surface area contributed by atoms with Crippen LogP contribution in [-0.2, 0) is 0 Å². The lowest BCUT2D eigenvalue weighted by Crippen LogP contribution is -2.40. The van der Waals surface area contributed by atoms with Crippen molar-refractivity contribution in [3.63, 3.8) is 0 Å². The fraction of sp³-hybridized carbons (Fsp3) is 1.00. The average Bonchev–Trinajstić information content (AvgIpc) is 3.50. The van der Waals surface area contributed by atoms with E-state index in [1.807, 2.05) is 0 Å². The van der Waals surface area contributed by atoms with E-state index in [-0.39, 0.29) is 0 Å². The first-order valence-electron chi connectivity index (χ1n) is 18.3. The Kier molecular flexibility index (Phi) is 7.33. The Balaban J connectivity index is 1.18. The molecule has 0 heteroatoms. The molecule has 0 saturated heterocycles. The maximum Gasteiger partial charge on any atom is -0.0321 e. The van der Waals surface area contributed by atoms with Crippen molar-refractivity contribution < 1.29 is 0 Å². The summed E-state index contributed by atoms with van der Waals surface area (Å²) in [5, 5.41) is 0. The Morgan fingerprint density at radius 1 is 0.421 bits per heavy atom. The van der Waals surface area contributed by atoms with E-state index in [4.69, 9.17) is 0 Å². The minimum Gasteiger partial charge on any atom is -0.0625 e. The maximum atomic E-state index is 2.80. The first kappa shape index (κ1) is 26.9. The summed E-state index contributed by atoms with van der Waals surface area (Å²) in [6, 6.07) is 0. The highest BCUT2D eigenvalue weighted by Crippen LogP contribution is 2.66. The zero-order chi connectivity index (χ0) is 26.3. The molecule has 0 aromatic carbocycles. The minimum absolute atomic E-state index is 0.987. The molecule has 4 bridgehead atoms. The van der Waals surface area contributed by atoms with Crippen molar-refractivity contribution in [2.75, 3.05) is 0 Å². The first-order chi connectivity index (χ1) is 18.3. The molecule has 0 aromatic rings. The minimum atomic E-state index is 0.987. The Morgan fingerprint density at radius 3 is 1.79 bits per heavy atom. The van der Waals surface area contributed by atoms with Crippen molar-refractivity contribution in [1.82, 2.24) is 0 Å². The van der Waals surface area contributed by atoms with Crippen LogP contribution in [0.5, 0.6) is 0 Å². The lowest BCUT2D eigenvalue weighted by Gasteiger charge is -2.48. The second-order valence-corrected chi connectivity index (χ2v) is 17.8. The normalized spacial score (nSPS) is 60.2. The van der Waals surface area contributed by atoms with Gasteiger partial charge in [-0.05, 0) is 164 Å². The van der Waals surface area contributed by atoms with Crippen LogP contribution in [0.15, 0.2) is 0 Å². The van der Waals surface area contributed by atoms with Crippen LogP contribution >= 0.6 is 0 Å². The molecule has 0 N–H and O–H groups in total. The van der Waals surface area contributed by atoms with Crippen LogP contribution in [0.3, 0.4) is 0 Å². The lowest BCUT2D eigenvalue weighted by atomic mass is 9.57. The Labute approximate surface area is 237 Å². The first-order valence-corrected chi connectivity index (χ1v) is 18.3. The van der Waals surface area contributed by atoms with E-state index in [2.05, 4.69) is 41.5 Å². The summed E-state index contributed by atoms with van der Waals surface area (Å²) in [6.45, 7) is 16.2. The highest BCUT2D eigenvalue weighted by atomic mass is 14.6. The van der Waals surface area contributed by atoms with Crippen LogP contribution in [0, 0.1) is 107 Å². The quantitative estimate of drug-likeness (QED) is 0.339. The van der Waals surface area contributed by atoms with Crippen LogP contribution in [0.4, 0.5) is 0 Å². The van der Waals surface area contributed by atoms with Crippen LogP contribution < -0.4 is 0 Å². The second kappa shape index (κ2) is 10.4. The average molecular weight is 521 g/mol. The van der Waals surface area contributed by atoms with Crippen molar-refractivity contribution in [3.8, 4) is 0 Å². The Morgan fingerprint density at radius 2 is 1.08 bits per heavy atom. The third-order valence-corrected chi connectivity index (χ3v) is 16.2. The van der Waals surface area contributed by atoms with Gasteiger partial charge >= 0.3 is 0 Å².